The van der Waals surface area contributed by atoms with Gasteiger partial charge in [0.1, 0.15) is 5.75 Å². The number of hydrogen-bond donors (Lipinski definition) is 1. The first-order chi connectivity index (χ1) is 11.5. The molecular formula is C18H18ClNO4. The third-order valence-electron chi connectivity index (χ3n) is 3.40. The lowest BCUT2D eigenvalue weighted by molar-refractivity contribution is 0.102. The van der Waals surface area contributed by atoms with Crippen LogP contribution < -0.4 is 19.5 Å². The van der Waals surface area contributed by atoms with Crippen LogP contribution in [0, 0.1) is 5.92 Å². The Hall–Kier alpha value is -2.40. The van der Waals surface area contributed by atoms with Crippen molar-refractivity contribution in [3.8, 4) is 17.2 Å². The van der Waals surface area contributed by atoms with Crippen LogP contribution in [0.2, 0.25) is 5.02 Å². The molecule has 1 aliphatic heterocycles. The summed E-state index contributed by atoms with van der Waals surface area (Å²) in [5, 5.41) is 3.26. The van der Waals surface area contributed by atoms with Gasteiger partial charge in [0.05, 0.1) is 17.2 Å². The molecule has 2 aromatic rings. The third-order valence-corrected chi connectivity index (χ3v) is 3.70. The number of benzene rings is 2. The van der Waals surface area contributed by atoms with Gasteiger partial charge in [0.15, 0.2) is 11.5 Å². The molecule has 5 nitrogen and oxygen atoms in total. The molecule has 1 heterocycles. The first-order valence-electron chi connectivity index (χ1n) is 7.67. The number of fused-ring (bicyclic) bond motifs is 1. The molecule has 126 valence electrons. The molecule has 1 N–H and O–H groups in total. The second-order valence-electron chi connectivity index (χ2n) is 5.84. The quantitative estimate of drug-likeness (QED) is 0.873. The number of ether oxygens (including phenoxy) is 3. The van der Waals surface area contributed by atoms with Crippen LogP contribution >= 0.6 is 11.6 Å². The Labute approximate surface area is 145 Å². The van der Waals surface area contributed by atoms with E-state index in [9.17, 15) is 4.79 Å². The summed E-state index contributed by atoms with van der Waals surface area (Å²) in [6, 6.07) is 10.4. The van der Waals surface area contributed by atoms with Gasteiger partial charge in [0.25, 0.3) is 5.91 Å². The number of carbonyl (C=O) groups is 1. The summed E-state index contributed by atoms with van der Waals surface area (Å²) in [5.74, 6) is 1.74. The van der Waals surface area contributed by atoms with Crippen LogP contribution in [0.3, 0.4) is 0 Å². The number of hydrogen-bond acceptors (Lipinski definition) is 4. The maximum Gasteiger partial charge on any atom is 0.259 e. The zero-order chi connectivity index (χ0) is 17.1. The third kappa shape index (κ3) is 3.57. The number of nitrogens with one attached hydrogen (secondary N) is 1. The lowest BCUT2D eigenvalue weighted by Gasteiger charge is -2.12. The molecule has 0 aliphatic carbocycles. The molecule has 0 aromatic heterocycles. The average Bonchev–Trinajstić information content (AvgIpc) is 3.02. The first-order valence-corrected chi connectivity index (χ1v) is 8.04. The highest BCUT2D eigenvalue weighted by molar-refractivity contribution is 6.32. The molecule has 1 amide bonds. The molecule has 0 radical (unpaired) electrons. The second-order valence-corrected chi connectivity index (χ2v) is 6.25. The van der Waals surface area contributed by atoms with Crippen molar-refractivity contribution >= 4 is 23.2 Å². The number of anilines is 1. The molecule has 0 saturated carbocycles. The van der Waals surface area contributed by atoms with Gasteiger partial charge in [0.2, 0.25) is 6.79 Å². The van der Waals surface area contributed by atoms with Crippen molar-refractivity contribution in [3.05, 3.63) is 47.0 Å². The summed E-state index contributed by atoms with van der Waals surface area (Å²) in [7, 11) is 0. The molecule has 0 spiro atoms. The van der Waals surface area contributed by atoms with E-state index in [0.29, 0.717) is 46.0 Å². The fourth-order valence-corrected chi connectivity index (χ4v) is 2.49. The van der Waals surface area contributed by atoms with Gasteiger partial charge in [-0.15, -0.1) is 0 Å². The number of amides is 1. The zero-order valence-corrected chi connectivity index (χ0v) is 14.2. The summed E-state index contributed by atoms with van der Waals surface area (Å²) < 4.78 is 16.3. The fraction of sp³-hybridized carbons (Fsp3) is 0.278. The number of rotatable bonds is 5. The van der Waals surface area contributed by atoms with Crippen molar-refractivity contribution in [1.29, 1.82) is 0 Å². The molecule has 1 aliphatic rings. The smallest absolute Gasteiger partial charge is 0.259 e. The van der Waals surface area contributed by atoms with Gasteiger partial charge in [-0.3, -0.25) is 4.79 Å². The predicted molar refractivity (Wildman–Crippen MR) is 92.3 cm³/mol. The number of carbonyl (C=O) groups excluding carboxylic acids is 1. The van der Waals surface area contributed by atoms with Crippen LogP contribution in [0.1, 0.15) is 24.2 Å². The lowest BCUT2D eigenvalue weighted by Crippen LogP contribution is -2.13. The summed E-state index contributed by atoms with van der Waals surface area (Å²) in [5.41, 5.74) is 1.000. The van der Waals surface area contributed by atoms with Crippen molar-refractivity contribution in [2.24, 2.45) is 5.92 Å². The molecule has 2 aromatic carbocycles. The topological polar surface area (TPSA) is 56.8 Å². The van der Waals surface area contributed by atoms with Crippen molar-refractivity contribution in [2.45, 2.75) is 13.8 Å². The summed E-state index contributed by atoms with van der Waals surface area (Å²) >= 11 is 6.22. The van der Waals surface area contributed by atoms with Crippen molar-refractivity contribution in [3.63, 3.8) is 0 Å². The molecule has 0 atom stereocenters. The van der Waals surface area contributed by atoms with Crippen molar-refractivity contribution in [1.82, 2.24) is 0 Å². The van der Waals surface area contributed by atoms with Crippen LogP contribution in [0.5, 0.6) is 17.2 Å². The Morgan fingerprint density at radius 2 is 2.12 bits per heavy atom. The monoisotopic (exact) mass is 347 g/mol. The van der Waals surface area contributed by atoms with Gasteiger partial charge in [-0.1, -0.05) is 31.5 Å². The maximum absolute atomic E-state index is 12.5. The standard InChI is InChI=1S/C18H18ClNO4/c1-11(2)9-22-15-7-6-12(8-14(15)19)20-18(21)13-4-3-5-16-17(13)24-10-23-16/h3-8,11H,9-10H2,1-2H3,(H,20,21). The molecule has 0 fully saturated rings. The van der Waals surface area contributed by atoms with E-state index < -0.39 is 0 Å². The Morgan fingerprint density at radius 3 is 2.88 bits per heavy atom. The Morgan fingerprint density at radius 1 is 1.29 bits per heavy atom. The molecule has 6 heteroatoms. The van der Waals surface area contributed by atoms with Crippen LogP contribution in [-0.4, -0.2) is 19.3 Å². The molecule has 24 heavy (non-hydrogen) atoms. The number of para-hydroxylation sites is 1. The minimum absolute atomic E-state index is 0.118. The van der Waals surface area contributed by atoms with E-state index in [1.165, 1.54) is 0 Å². The number of halogens is 1. The predicted octanol–water partition coefficient (Wildman–Crippen LogP) is 4.36. The van der Waals surface area contributed by atoms with Crippen LogP contribution in [0.15, 0.2) is 36.4 Å². The minimum Gasteiger partial charge on any atom is -0.492 e. The summed E-state index contributed by atoms with van der Waals surface area (Å²) in [6.07, 6.45) is 0. The van der Waals surface area contributed by atoms with Gasteiger partial charge >= 0.3 is 0 Å². The van der Waals surface area contributed by atoms with Crippen LogP contribution in [0.25, 0.3) is 0 Å². The maximum atomic E-state index is 12.5. The van der Waals surface area contributed by atoms with Gasteiger partial charge in [-0.25, -0.2) is 0 Å². The van der Waals surface area contributed by atoms with Gasteiger partial charge < -0.3 is 19.5 Å². The first kappa shape index (κ1) is 16.5. The van der Waals surface area contributed by atoms with E-state index in [4.69, 9.17) is 25.8 Å². The van der Waals surface area contributed by atoms with E-state index in [0.717, 1.165) is 0 Å². The highest BCUT2D eigenvalue weighted by Gasteiger charge is 2.22. The largest absolute Gasteiger partial charge is 0.492 e. The van der Waals surface area contributed by atoms with Gasteiger partial charge in [-0.05, 0) is 36.2 Å². The average molecular weight is 348 g/mol. The molecule has 0 bridgehead atoms. The van der Waals surface area contributed by atoms with E-state index in [-0.39, 0.29) is 12.7 Å². The SMILES string of the molecule is CC(C)COc1ccc(NC(=O)c2cccc3c2OCO3)cc1Cl. The zero-order valence-electron chi connectivity index (χ0n) is 13.5. The minimum atomic E-state index is -0.288. The Kier molecular flexibility index (Phi) is 4.81. The van der Waals surface area contributed by atoms with E-state index in [2.05, 4.69) is 19.2 Å². The normalized spacial score (nSPS) is 12.3. The molecule has 3 rings (SSSR count). The second kappa shape index (κ2) is 7.01. The Balaban J connectivity index is 1.73. The highest BCUT2D eigenvalue weighted by atomic mass is 35.5. The van der Waals surface area contributed by atoms with Crippen molar-refractivity contribution in [2.75, 3.05) is 18.7 Å². The highest BCUT2D eigenvalue weighted by Crippen LogP contribution is 2.36. The molecule has 0 unspecified atom stereocenters. The van der Waals surface area contributed by atoms with Crippen LogP contribution in [-0.2, 0) is 0 Å². The molecular weight excluding hydrogens is 330 g/mol. The van der Waals surface area contributed by atoms with Crippen LogP contribution in [0.4, 0.5) is 5.69 Å². The van der Waals surface area contributed by atoms with Gasteiger partial charge in [0, 0.05) is 5.69 Å². The van der Waals surface area contributed by atoms with Crippen molar-refractivity contribution < 1.29 is 19.0 Å². The molecule has 0 saturated heterocycles. The summed E-state index contributed by atoms with van der Waals surface area (Å²) in [4.78, 5) is 12.5. The fourth-order valence-electron chi connectivity index (χ4n) is 2.26. The van der Waals surface area contributed by atoms with Gasteiger partial charge in [-0.2, -0.15) is 0 Å². The Bertz CT molecular complexity index is 761. The summed E-state index contributed by atoms with van der Waals surface area (Å²) in [6.45, 7) is 4.82. The lowest BCUT2D eigenvalue weighted by atomic mass is 10.1. The van der Waals surface area contributed by atoms with E-state index in [1.54, 1.807) is 36.4 Å². The van der Waals surface area contributed by atoms with E-state index >= 15 is 0 Å². The van der Waals surface area contributed by atoms with E-state index in [1.807, 2.05) is 0 Å².